The third-order valence-electron chi connectivity index (χ3n) is 2.63. The van der Waals surface area contributed by atoms with Crippen LogP contribution in [0, 0.1) is 0 Å². The molecule has 1 aromatic rings. The molecule has 0 unspecified atom stereocenters. The van der Waals surface area contributed by atoms with Gasteiger partial charge in [-0.15, -0.1) is 0 Å². The summed E-state index contributed by atoms with van der Waals surface area (Å²) in [4.78, 5) is 0. The Kier molecular flexibility index (Phi) is 11.4. The average Bonchev–Trinajstić information content (AvgIpc) is 2.48. The monoisotopic (exact) mass is 480 g/mol. The second-order valence-electron chi connectivity index (χ2n) is 4.57. The van der Waals surface area contributed by atoms with Gasteiger partial charge in [0.05, 0.1) is 0 Å². The van der Waals surface area contributed by atoms with Gasteiger partial charge < -0.3 is 0 Å². The minimum atomic E-state index is 0.663. The van der Waals surface area contributed by atoms with Gasteiger partial charge in [-0.3, -0.25) is 0 Å². The SMILES string of the molecule is C=CC[Se]Cc1cc(C[Se]CC=C)cc(C[Se]CC=C)c1. The fourth-order valence-corrected chi connectivity index (χ4v) is 6.19. The van der Waals surface area contributed by atoms with Gasteiger partial charge in [0.2, 0.25) is 0 Å². The van der Waals surface area contributed by atoms with E-state index in [2.05, 4.69) is 37.9 Å². The number of rotatable bonds is 12. The minimum absolute atomic E-state index is 0.663. The second kappa shape index (κ2) is 12.5. The Labute approximate surface area is 149 Å². The predicted octanol–water partition coefficient (Wildman–Crippen LogP) is 4.11. The summed E-state index contributed by atoms with van der Waals surface area (Å²) in [5.41, 5.74) is 4.61. The molecule has 0 aromatic heterocycles. The molecule has 0 aliphatic heterocycles. The molecule has 0 saturated heterocycles. The molecular weight excluding hydrogens is 453 g/mol. The summed E-state index contributed by atoms with van der Waals surface area (Å²) in [5.74, 6) is 0. The molecule has 1 aromatic carbocycles. The van der Waals surface area contributed by atoms with E-state index in [0.29, 0.717) is 44.9 Å². The molecule has 114 valence electrons. The van der Waals surface area contributed by atoms with Crippen molar-refractivity contribution >= 4 is 44.9 Å². The van der Waals surface area contributed by atoms with Crippen LogP contribution in [-0.4, -0.2) is 44.9 Å². The van der Waals surface area contributed by atoms with Gasteiger partial charge in [0, 0.05) is 0 Å². The van der Waals surface area contributed by atoms with Crippen LogP contribution in [0.25, 0.3) is 0 Å². The number of hydrogen-bond acceptors (Lipinski definition) is 0. The zero-order valence-corrected chi connectivity index (χ0v) is 17.7. The molecule has 0 aliphatic carbocycles. The van der Waals surface area contributed by atoms with E-state index in [4.69, 9.17) is 0 Å². The first-order valence-corrected chi connectivity index (χ1v) is 14.2. The molecule has 0 nitrogen and oxygen atoms in total. The van der Waals surface area contributed by atoms with Gasteiger partial charge in [-0.1, -0.05) is 0 Å². The van der Waals surface area contributed by atoms with E-state index in [1.807, 2.05) is 18.2 Å². The van der Waals surface area contributed by atoms with Gasteiger partial charge in [0.1, 0.15) is 0 Å². The zero-order valence-electron chi connectivity index (χ0n) is 12.6. The first kappa shape index (κ1) is 19.0. The fourth-order valence-electron chi connectivity index (χ4n) is 1.87. The van der Waals surface area contributed by atoms with Gasteiger partial charge in [-0.05, 0) is 0 Å². The molecule has 0 fully saturated rings. The van der Waals surface area contributed by atoms with Gasteiger partial charge in [-0.2, -0.15) is 0 Å². The quantitative estimate of drug-likeness (QED) is 0.242. The van der Waals surface area contributed by atoms with Crippen molar-refractivity contribution in [2.75, 3.05) is 0 Å². The molecule has 0 amide bonds. The summed E-state index contributed by atoms with van der Waals surface area (Å²) < 4.78 is 0. The molecule has 0 spiro atoms. The van der Waals surface area contributed by atoms with Gasteiger partial charge in [-0.25, -0.2) is 0 Å². The summed E-state index contributed by atoms with van der Waals surface area (Å²) in [6.07, 6.45) is 6.14. The van der Waals surface area contributed by atoms with E-state index >= 15 is 0 Å². The van der Waals surface area contributed by atoms with E-state index in [9.17, 15) is 0 Å². The van der Waals surface area contributed by atoms with Crippen molar-refractivity contribution in [3.8, 4) is 0 Å². The standard InChI is InChI=1S/C18H24Se3/c1-4-7-19-13-16-10-17(14-20-8-5-2)12-18(11-16)15-21-9-6-3/h4-6,10-12H,1-3,7-9,13-15H2. The van der Waals surface area contributed by atoms with Gasteiger partial charge in [0.25, 0.3) is 0 Å². The maximum absolute atomic E-state index is 3.83. The van der Waals surface area contributed by atoms with Crippen LogP contribution in [-0.2, 0) is 16.0 Å². The Morgan fingerprint density at radius 1 is 0.619 bits per heavy atom. The van der Waals surface area contributed by atoms with Crippen LogP contribution in [0.15, 0.2) is 56.2 Å². The van der Waals surface area contributed by atoms with Crippen LogP contribution in [0.4, 0.5) is 0 Å². The second-order valence-corrected chi connectivity index (χ2v) is 11.1. The fraction of sp³-hybridized carbons (Fsp3) is 0.333. The molecular formula is C18H24Se3. The van der Waals surface area contributed by atoms with Crippen LogP contribution in [0.1, 0.15) is 16.7 Å². The normalized spacial score (nSPS) is 10.3. The first-order chi connectivity index (χ1) is 10.3. The predicted molar refractivity (Wildman–Crippen MR) is 99.8 cm³/mol. The number of hydrogen-bond donors (Lipinski definition) is 0. The van der Waals surface area contributed by atoms with E-state index in [-0.39, 0.29) is 0 Å². The summed E-state index contributed by atoms with van der Waals surface area (Å²) in [5, 5.41) is 7.24. The van der Waals surface area contributed by atoms with Crippen molar-refractivity contribution in [3.63, 3.8) is 0 Å². The summed E-state index contributed by atoms with van der Waals surface area (Å²) in [6.45, 7) is 11.5. The maximum atomic E-state index is 3.83. The van der Waals surface area contributed by atoms with Crippen LogP contribution in [0.5, 0.6) is 0 Å². The van der Waals surface area contributed by atoms with Crippen LogP contribution < -0.4 is 0 Å². The van der Waals surface area contributed by atoms with Crippen molar-refractivity contribution in [1.82, 2.24) is 0 Å². The van der Waals surface area contributed by atoms with Gasteiger partial charge in [0.15, 0.2) is 0 Å². The Morgan fingerprint density at radius 2 is 0.905 bits per heavy atom. The molecule has 3 heteroatoms. The Morgan fingerprint density at radius 3 is 1.14 bits per heavy atom. The first-order valence-electron chi connectivity index (χ1n) is 6.97. The average molecular weight is 477 g/mol. The summed E-state index contributed by atoms with van der Waals surface area (Å²) >= 11 is 1.99. The Balaban J connectivity index is 2.71. The summed E-state index contributed by atoms with van der Waals surface area (Å²) in [6, 6.07) is 7.29. The van der Waals surface area contributed by atoms with E-state index < -0.39 is 0 Å². The van der Waals surface area contributed by atoms with Crippen molar-refractivity contribution in [3.05, 3.63) is 72.9 Å². The molecule has 1 rings (SSSR count). The van der Waals surface area contributed by atoms with Crippen molar-refractivity contribution in [2.45, 2.75) is 31.9 Å². The van der Waals surface area contributed by atoms with Crippen LogP contribution in [0.3, 0.4) is 0 Å². The van der Waals surface area contributed by atoms with E-state index in [1.165, 1.54) is 48.6 Å². The topological polar surface area (TPSA) is 0 Å². The third kappa shape index (κ3) is 8.89. The molecule has 0 bridgehead atoms. The molecule has 0 atom stereocenters. The Hall–Kier alpha value is -0.00156. The molecule has 0 heterocycles. The third-order valence-corrected chi connectivity index (χ3v) is 8.98. The van der Waals surface area contributed by atoms with Crippen molar-refractivity contribution in [2.24, 2.45) is 0 Å². The van der Waals surface area contributed by atoms with Crippen molar-refractivity contribution < 1.29 is 0 Å². The Bertz CT molecular complexity index is 373. The number of benzene rings is 1. The number of allylic oxidation sites excluding steroid dienone is 3. The van der Waals surface area contributed by atoms with Gasteiger partial charge >= 0.3 is 150 Å². The van der Waals surface area contributed by atoms with Crippen LogP contribution >= 0.6 is 0 Å². The molecule has 0 radical (unpaired) electrons. The zero-order chi connectivity index (χ0) is 15.3. The van der Waals surface area contributed by atoms with E-state index in [1.54, 1.807) is 0 Å². The molecule has 0 saturated carbocycles. The van der Waals surface area contributed by atoms with Crippen molar-refractivity contribution in [1.29, 1.82) is 0 Å². The van der Waals surface area contributed by atoms with Crippen LogP contribution in [0.2, 0.25) is 16.0 Å². The molecule has 0 N–H and O–H groups in total. The summed E-state index contributed by atoms with van der Waals surface area (Å²) in [7, 11) is 0. The van der Waals surface area contributed by atoms with E-state index in [0.717, 1.165) is 0 Å². The molecule has 0 aliphatic rings. The molecule has 21 heavy (non-hydrogen) atoms.